The summed E-state index contributed by atoms with van der Waals surface area (Å²) in [4.78, 5) is 4.49. The van der Waals surface area contributed by atoms with E-state index in [1.807, 2.05) is 48.7 Å². The molecule has 0 aliphatic heterocycles. The normalized spacial score (nSPS) is 21.7. The van der Waals surface area contributed by atoms with E-state index in [-0.39, 0.29) is 0 Å². The maximum Gasteiger partial charge on any atom is 0.191 e. The van der Waals surface area contributed by atoms with Crippen LogP contribution in [0, 0.1) is 0 Å². The van der Waals surface area contributed by atoms with Crippen LogP contribution in [-0.4, -0.2) is 25.7 Å². The van der Waals surface area contributed by atoms with E-state index in [1.54, 1.807) is 7.11 Å². The van der Waals surface area contributed by atoms with Crippen molar-refractivity contribution >= 4 is 6.21 Å². The van der Waals surface area contributed by atoms with E-state index < -0.39 is 5.79 Å². The molecule has 112 valence electrons. The van der Waals surface area contributed by atoms with Crippen molar-refractivity contribution in [3.8, 4) is 0 Å². The molecule has 1 aromatic rings. The largest absolute Gasteiger partial charge is 0.349 e. The minimum atomic E-state index is -0.624. The molecule has 0 saturated heterocycles. The van der Waals surface area contributed by atoms with Gasteiger partial charge in [-0.3, -0.25) is 4.99 Å². The number of ether oxygens (including phenoxy) is 2. The zero-order valence-electron chi connectivity index (χ0n) is 12.8. The number of methoxy groups -OCH3 is 1. The number of rotatable bonds is 7. The molecule has 21 heavy (non-hydrogen) atoms. The van der Waals surface area contributed by atoms with Crippen LogP contribution < -0.4 is 0 Å². The molecule has 2 rings (SSSR count). The zero-order chi connectivity index (χ0) is 15.0. The van der Waals surface area contributed by atoms with E-state index in [2.05, 4.69) is 18.0 Å². The van der Waals surface area contributed by atoms with Gasteiger partial charge in [-0.2, -0.15) is 0 Å². The number of hydrogen-bond donors (Lipinski definition) is 0. The fourth-order valence-corrected chi connectivity index (χ4v) is 2.09. The molecular formula is C18H23NO2. The van der Waals surface area contributed by atoms with Gasteiger partial charge in [0, 0.05) is 19.7 Å². The van der Waals surface area contributed by atoms with E-state index in [0.29, 0.717) is 13.0 Å². The monoisotopic (exact) mass is 285 g/mol. The van der Waals surface area contributed by atoms with Crippen LogP contribution in [0.3, 0.4) is 0 Å². The molecule has 1 aliphatic rings. The third-order valence-corrected chi connectivity index (χ3v) is 3.46. The molecule has 0 aromatic heterocycles. The second-order valence-corrected chi connectivity index (χ2v) is 5.05. The van der Waals surface area contributed by atoms with Crippen molar-refractivity contribution < 1.29 is 9.47 Å². The Labute approximate surface area is 127 Å². The van der Waals surface area contributed by atoms with Crippen molar-refractivity contribution in [2.45, 2.75) is 32.0 Å². The maximum atomic E-state index is 5.87. The van der Waals surface area contributed by atoms with Crippen molar-refractivity contribution in [2.24, 2.45) is 4.99 Å². The summed E-state index contributed by atoms with van der Waals surface area (Å²) >= 11 is 0. The topological polar surface area (TPSA) is 30.8 Å². The smallest absolute Gasteiger partial charge is 0.191 e. The predicted octanol–water partition coefficient (Wildman–Crippen LogP) is 4.11. The highest BCUT2D eigenvalue weighted by atomic mass is 16.7. The minimum Gasteiger partial charge on any atom is -0.349 e. The highest BCUT2D eigenvalue weighted by molar-refractivity contribution is 5.80. The van der Waals surface area contributed by atoms with Gasteiger partial charge >= 0.3 is 0 Å². The van der Waals surface area contributed by atoms with Crippen molar-refractivity contribution in [2.75, 3.05) is 13.7 Å². The average molecular weight is 285 g/mol. The van der Waals surface area contributed by atoms with Gasteiger partial charge in [-0.15, -0.1) is 0 Å². The molecule has 1 aromatic carbocycles. The average Bonchev–Trinajstić information content (AvgIpc) is 2.55. The number of aliphatic imine (C=N–C) groups is 1. The SMILES string of the molecule is CCCCOC1(OC)C=CC(N=Cc2ccccc2)=CC1. The van der Waals surface area contributed by atoms with Gasteiger partial charge in [-0.05, 0) is 24.1 Å². The molecule has 1 atom stereocenters. The van der Waals surface area contributed by atoms with E-state index in [0.717, 1.165) is 24.1 Å². The molecule has 1 aliphatic carbocycles. The van der Waals surface area contributed by atoms with E-state index in [4.69, 9.17) is 9.47 Å². The summed E-state index contributed by atoms with van der Waals surface area (Å²) in [6, 6.07) is 10.1. The third-order valence-electron chi connectivity index (χ3n) is 3.46. The van der Waals surface area contributed by atoms with Crippen molar-refractivity contribution in [1.29, 1.82) is 0 Å². The summed E-state index contributed by atoms with van der Waals surface area (Å²) in [7, 11) is 1.68. The third kappa shape index (κ3) is 4.66. The van der Waals surface area contributed by atoms with Gasteiger partial charge in [0.2, 0.25) is 0 Å². The molecule has 0 radical (unpaired) electrons. The van der Waals surface area contributed by atoms with Crippen LogP contribution in [0.25, 0.3) is 0 Å². The van der Waals surface area contributed by atoms with Crippen molar-refractivity contribution in [3.05, 3.63) is 59.8 Å². The van der Waals surface area contributed by atoms with Gasteiger partial charge < -0.3 is 9.47 Å². The van der Waals surface area contributed by atoms with E-state index in [1.165, 1.54) is 0 Å². The van der Waals surface area contributed by atoms with Crippen LogP contribution in [0.15, 0.2) is 59.2 Å². The lowest BCUT2D eigenvalue weighted by atomic mass is 10.1. The Balaban J connectivity index is 1.95. The van der Waals surface area contributed by atoms with Gasteiger partial charge in [0.15, 0.2) is 5.79 Å². The number of unbranched alkanes of at least 4 members (excludes halogenated alkanes) is 1. The molecule has 0 spiro atoms. The van der Waals surface area contributed by atoms with Gasteiger partial charge in [0.1, 0.15) is 0 Å². The first-order valence-corrected chi connectivity index (χ1v) is 7.45. The van der Waals surface area contributed by atoms with Gasteiger partial charge in [0.05, 0.1) is 12.3 Å². The second kappa shape index (κ2) is 7.91. The number of hydrogen-bond acceptors (Lipinski definition) is 3. The quantitative estimate of drug-likeness (QED) is 0.429. The van der Waals surface area contributed by atoms with Gasteiger partial charge in [-0.1, -0.05) is 49.8 Å². The van der Waals surface area contributed by atoms with Crippen molar-refractivity contribution in [1.82, 2.24) is 0 Å². The number of nitrogens with zero attached hydrogens (tertiary/aromatic N) is 1. The van der Waals surface area contributed by atoms with Crippen LogP contribution in [0.4, 0.5) is 0 Å². The molecular weight excluding hydrogens is 262 g/mol. The Morgan fingerprint density at radius 3 is 2.71 bits per heavy atom. The standard InChI is InChI=1S/C18H23NO2/c1-3-4-14-21-18(20-2)12-10-17(11-13-18)19-15-16-8-6-5-7-9-16/h5-12,15H,3-4,13-14H2,1-2H3. The predicted molar refractivity (Wildman–Crippen MR) is 86.5 cm³/mol. The summed E-state index contributed by atoms with van der Waals surface area (Å²) in [6.07, 6.45) is 10.7. The Morgan fingerprint density at radius 1 is 1.29 bits per heavy atom. The summed E-state index contributed by atoms with van der Waals surface area (Å²) in [6.45, 7) is 2.86. The molecule has 0 heterocycles. The Hall–Kier alpha value is -1.71. The summed E-state index contributed by atoms with van der Waals surface area (Å²) in [5.74, 6) is -0.624. The van der Waals surface area contributed by atoms with E-state index >= 15 is 0 Å². The van der Waals surface area contributed by atoms with Crippen molar-refractivity contribution in [3.63, 3.8) is 0 Å². The highest BCUT2D eigenvalue weighted by Crippen LogP contribution is 2.26. The molecule has 0 saturated carbocycles. The lowest BCUT2D eigenvalue weighted by Gasteiger charge is -2.30. The van der Waals surface area contributed by atoms with Crippen LogP contribution >= 0.6 is 0 Å². The van der Waals surface area contributed by atoms with E-state index in [9.17, 15) is 0 Å². The summed E-state index contributed by atoms with van der Waals surface area (Å²) in [5.41, 5.74) is 2.03. The minimum absolute atomic E-state index is 0.624. The fourth-order valence-electron chi connectivity index (χ4n) is 2.09. The Bertz CT molecular complexity index is 519. The number of benzene rings is 1. The second-order valence-electron chi connectivity index (χ2n) is 5.05. The van der Waals surface area contributed by atoms with Crippen LogP contribution in [0.5, 0.6) is 0 Å². The molecule has 0 amide bonds. The molecule has 0 bridgehead atoms. The summed E-state index contributed by atoms with van der Waals surface area (Å²) < 4.78 is 11.4. The van der Waals surface area contributed by atoms with Gasteiger partial charge in [0.25, 0.3) is 0 Å². The zero-order valence-corrected chi connectivity index (χ0v) is 12.8. The first-order chi connectivity index (χ1) is 10.3. The van der Waals surface area contributed by atoms with Crippen LogP contribution in [-0.2, 0) is 9.47 Å². The lowest BCUT2D eigenvalue weighted by Crippen LogP contribution is -2.33. The number of allylic oxidation sites excluding steroid dienone is 1. The Kier molecular flexibility index (Phi) is 5.90. The fraction of sp³-hybridized carbons (Fsp3) is 0.389. The molecule has 1 unspecified atom stereocenters. The van der Waals surface area contributed by atoms with Gasteiger partial charge in [-0.25, -0.2) is 0 Å². The first-order valence-electron chi connectivity index (χ1n) is 7.45. The van der Waals surface area contributed by atoms with Crippen LogP contribution in [0.2, 0.25) is 0 Å². The molecule has 3 nitrogen and oxygen atoms in total. The van der Waals surface area contributed by atoms with Crippen LogP contribution in [0.1, 0.15) is 31.7 Å². The molecule has 0 N–H and O–H groups in total. The molecule has 3 heteroatoms. The molecule has 0 fully saturated rings. The lowest BCUT2D eigenvalue weighted by molar-refractivity contribution is -0.186. The first kappa shape index (κ1) is 15.7. The maximum absolute atomic E-state index is 5.87. The Morgan fingerprint density at radius 2 is 2.10 bits per heavy atom. The highest BCUT2D eigenvalue weighted by Gasteiger charge is 2.28. The summed E-state index contributed by atoms with van der Waals surface area (Å²) in [5, 5.41) is 0.